The van der Waals surface area contributed by atoms with Crippen molar-refractivity contribution in [2.75, 3.05) is 6.61 Å². The Labute approximate surface area is 212 Å². The molecule has 0 aliphatic heterocycles. The molecule has 0 bridgehead atoms. The zero-order chi connectivity index (χ0) is 25.7. The summed E-state index contributed by atoms with van der Waals surface area (Å²) in [5.41, 5.74) is 3.13. The van der Waals surface area contributed by atoms with Crippen molar-refractivity contribution >= 4 is 5.78 Å². The van der Waals surface area contributed by atoms with Crippen LogP contribution in [0.3, 0.4) is 0 Å². The Hall–Kier alpha value is -2.33. The van der Waals surface area contributed by atoms with Gasteiger partial charge in [-0.2, -0.15) is 0 Å². The van der Waals surface area contributed by atoms with E-state index in [1.54, 1.807) is 12.1 Å². The number of rotatable bonds is 17. The maximum atomic E-state index is 12.7. The molecule has 0 fully saturated rings. The average molecular weight is 483 g/mol. The Morgan fingerprint density at radius 1 is 0.771 bits per heavy atom. The van der Waals surface area contributed by atoms with Gasteiger partial charge < -0.3 is 14.9 Å². The molecule has 0 radical (unpaired) electrons. The Bertz CT molecular complexity index is 906. The van der Waals surface area contributed by atoms with Gasteiger partial charge in [0.05, 0.1) is 12.2 Å². The van der Waals surface area contributed by atoms with Crippen LogP contribution in [0.15, 0.2) is 36.4 Å². The number of unbranched alkanes of at least 4 members (excludes halogenated alkanes) is 6. The third-order valence-electron chi connectivity index (χ3n) is 7.18. The van der Waals surface area contributed by atoms with Gasteiger partial charge in [0.2, 0.25) is 0 Å². The first-order valence-corrected chi connectivity index (χ1v) is 13.7. The first-order valence-electron chi connectivity index (χ1n) is 13.7. The van der Waals surface area contributed by atoms with Crippen LogP contribution in [-0.2, 0) is 16.8 Å². The summed E-state index contributed by atoms with van der Waals surface area (Å²) in [7, 11) is 0. The normalized spacial score (nSPS) is 11.7. The zero-order valence-corrected chi connectivity index (χ0v) is 22.4. The van der Waals surface area contributed by atoms with Crippen LogP contribution < -0.4 is 0 Å². The lowest BCUT2D eigenvalue weighted by Crippen LogP contribution is -2.29. The smallest absolute Gasteiger partial charge is 0.166 e. The second-order valence-corrected chi connectivity index (χ2v) is 9.69. The van der Waals surface area contributed by atoms with E-state index in [1.165, 1.54) is 25.7 Å². The molecule has 35 heavy (non-hydrogen) atoms. The highest BCUT2D eigenvalue weighted by molar-refractivity contribution is 5.98. The van der Waals surface area contributed by atoms with Gasteiger partial charge in [-0.1, -0.05) is 84.3 Å². The third kappa shape index (κ3) is 7.83. The molecule has 2 aromatic rings. The Morgan fingerprint density at radius 3 is 1.89 bits per heavy atom. The van der Waals surface area contributed by atoms with Crippen LogP contribution in [0.4, 0.5) is 0 Å². The molecule has 0 saturated heterocycles. The molecule has 4 nitrogen and oxygen atoms in total. The third-order valence-corrected chi connectivity index (χ3v) is 7.18. The van der Waals surface area contributed by atoms with E-state index in [2.05, 4.69) is 19.9 Å². The zero-order valence-electron chi connectivity index (χ0n) is 22.4. The van der Waals surface area contributed by atoms with Crippen LogP contribution in [0.25, 0.3) is 0 Å². The van der Waals surface area contributed by atoms with Crippen LogP contribution in [0.1, 0.15) is 125 Å². The summed E-state index contributed by atoms with van der Waals surface area (Å²) in [6.07, 6.45) is 11.5. The maximum absolute atomic E-state index is 12.7. The van der Waals surface area contributed by atoms with Gasteiger partial charge in [-0.15, -0.1) is 0 Å². The summed E-state index contributed by atoms with van der Waals surface area (Å²) in [5, 5.41) is 21.0. The maximum Gasteiger partial charge on any atom is 0.166 e. The molecular formula is C31H46O4. The lowest BCUT2D eigenvalue weighted by atomic mass is 9.67. The molecule has 0 spiro atoms. The first-order chi connectivity index (χ1) is 16.9. The fourth-order valence-corrected chi connectivity index (χ4v) is 5.03. The minimum Gasteiger partial charge on any atom is -0.508 e. The number of carbonyl (C=O) groups is 1. The van der Waals surface area contributed by atoms with Gasteiger partial charge in [0.25, 0.3) is 0 Å². The van der Waals surface area contributed by atoms with Crippen LogP contribution in [0.2, 0.25) is 0 Å². The lowest BCUT2D eigenvalue weighted by Gasteiger charge is -2.37. The van der Waals surface area contributed by atoms with Crippen molar-refractivity contribution in [3.05, 3.63) is 58.7 Å². The topological polar surface area (TPSA) is 66.8 Å². The number of benzene rings is 2. The van der Waals surface area contributed by atoms with Gasteiger partial charge in [-0.25, -0.2) is 0 Å². The van der Waals surface area contributed by atoms with Crippen LogP contribution in [-0.4, -0.2) is 22.6 Å². The van der Waals surface area contributed by atoms with Gasteiger partial charge in [0, 0.05) is 24.0 Å². The molecular weight excluding hydrogens is 436 g/mol. The Kier molecular flexibility index (Phi) is 12.3. The van der Waals surface area contributed by atoms with Gasteiger partial charge in [-0.05, 0) is 55.2 Å². The highest BCUT2D eigenvalue weighted by Gasteiger charge is 2.35. The molecule has 2 aromatic carbocycles. The minimum atomic E-state index is -0.299. The van der Waals surface area contributed by atoms with Crippen molar-refractivity contribution < 1.29 is 19.7 Å². The molecule has 2 N–H and O–H groups in total. The molecule has 0 aliphatic carbocycles. The predicted octanol–water partition coefficient (Wildman–Crippen LogP) is 8.45. The SMILES string of the molecule is CCCCCCC(CCCCCC)(c1ccc(O)c(COCC)c1)c1ccc(O)c(C(=O)CC)c1. The van der Waals surface area contributed by atoms with Crippen molar-refractivity contribution in [2.24, 2.45) is 0 Å². The van der Waals surface area contributed by atoms with Crippen LogP contribution in [0.5, 0.6) is 11.5 Å². The standard InChI is InChI=1S/C31H46O4/c1-5-9-11-13-19-31(20-14-12-10-6-2,25-15-17-29(33)24(21-25)23-35-8-4)26-16-18-30(34)27(22-26)28(32)7-3/h15-18,21-22,33-34H,5-14,19-20,23H2,1-4H3. The monoisotopic (exact) mass is 482 g/mol. The van der Waals surface area contributed by atoms with E-state index < -0.39 is 0 Å². The van der Waals surface area contributed by atoms with E-state index in [4.69, 9.17) is 4.74 Å². The molecule has 0 aliphatic rings. The highest BCUT2D eigenvalue weighted by Crippen LogP contribution is 2.44. The van der Waals surface area contributed by atoms with Gasteiger partial charge in [0.1, 0.15) is 11.5 Å². The average Bonchev–Trinajstić information content (AvgIpc) is 2.87. The number of ether oxygens (including phenoxy) is 1. The second-order valence-electron chi connectivity index (χ2n) is 9.69. The van der Waals surface area contributed by atoms with Gasteiger partial charge in [0.15, 0.2) is 5.78 Å². The van der Waals surface area contributed by atoms with E-state index in [-0.39, 0.29) is 22.7 Å². The fraction of sp³-hybridized carbons (Fsp3) is 0.581. The van der Waals surface area contributed by atoms with Crippen molar-refractivity contribution in [3.63, 3.8) is 0 Å². The predicted molar refractivity (Wildman–Crippen MR) is 144 cm³/mol. The van der Waals surface area contributed by atoms with Crippen molar-refractivity contribution in [1.29, 1.82) is 0 Å². The lowest BCUT2D eigenvalue weighted by molar-refractivity contribution is 0.0985. The second kappa shape index (κ2) is 14.9. The largest absolute Gasteiger partial charge is 0.508 e. The number of aromatic hydroxyl groups is 2. The summed E-state index contributed by atoms with van der Waals surface area (Å²) in [4.78, 5) is 12.7. The number of hydrogen-bond donors (Lipinski definition) is 2. The van der Waals surface area contributed by atoms with E-state index in [0.29, 0.717) is 25.2 Å². The van der Waals surface area contributed by atoms with E-state index >= 15 is 0 Å². The summed E-state index contributed by atoms with van der Waals surface area (Å²) >= 11 is 0. The van der Waals surface area contributed by atoms with Crippen LogP contribution >= 0.6 is 0 Å². The number of hydrogen-bond acceptors (Lipinski definition) is 4. The summed E-state index contributed by atoms with van der Waals surface area (Å²) in [6.45, 7) is 9.18. The minimum absolute atomic E-state index is 0.0436. The summed E-state index contributed by atoms with van der Waals surface area (Å²) < 4.78 is 5.64. The fourth-order valence-electron chi connectivity index (χ4n) is 5.03. The summed E-state index contributed by atoms with van der Waals surface area (Å²) in [6, 6.07) is 11.5. The number of Topliss-reactive ketones (excluding diaryl/α,β-unsaturated/α-hetero) is 1. The van der Waals surface area contributed by atoms with E-state index in [1.807, 2.05) is 32.0 Å². The van der Waals surface area contributed by atoms with Crippen molar-refractivity contribution in [3.8, 4) is 11.5 Å². The van der Waals surface area contributed by atoms with Gasteiger partial charge >= 0.3 is 0 Å². The molecule has 0 unspecified atom stereocenters. The Morgan fingerprint density at radius 2 is 1.34 bits per heavy atom. The quantitative estimate of drug-likeness (QED) is 0.175. The van der Waals surface area contributed by atoms with Crippen molar-refractivity contribution in [2.45, 2.75) is 110 Å². The van der Waals surface area contributed by atoms with Gasteiger partial charge in [-0.3, -0.25) is 4.79 Å². The molecule has 4 heteroatoms. The highest BCUT2D eigenvalue weighted by atomic mass is 16.5. The van der Waals surface area contributed by atoms with Crippen molar-refractivity contribution in [1.82, 2.24) is 0 Å². The number of ketones is 1. The number of phenols is 2. The first kappa shape index (κ1) is 28.9. The molecule has 2 rings (SSSR count). The molecule has 0 saturated carbocycles. The molecule has 0 amide bonds. The van der Waals surface area contributed by atoms with E-state index in [9.17, 15) is 15.0 Å². The number of phenolic OH excluding ortho intramolecular Hbond substituents is 2. The molecule has 0 heterocycles. The number of carbonyl (C=O) groups excluding carboxylic acids is 1. The molecule has 194 valence electrons. The van der Waals surface area contributed by atoms with Crippen LogP contribution in [0, 0.1) is 0 Å². The summed E-state index contributed by atoms with van der Waals surface area (Å²) in [5.74, 6) is 0.257. The van der Waals surface area contributed by atoms with E-state index in [0.717, 1.165) is 55.2 Å². The molecule has 0 atom stereocenters. The Balaban J connectivity index is 2.66. The molecule has 0 aromatic heterocycles.